The monoisotopic (exact) mass is 778 g/mol. The van der Waals surface area contributed by atoms with Gasteiger partial charge in [0, 0.05) is 55.6 Å². The topological polar surface area (TPSA) is 151 Å². The number of halogens is 2. The number of methoxy groups -OCH3 is 2. The molecule has 8 rings (SSSR count). The first-order valence-corrected chi connectivity index (χ1v) is 19.0. The number of hydrogen-bond donors (Lipinski definition) is 3. The summed E-state index contributed by atoms with van der Waals surface area (Å²) in [4.78, 5) is 28.8. The number of aliphatic hydroxyl groups is 1. The summed E-state index contributed by atoms with van der Waals surface area (Å²) in [5.41, 5.74) is 7.36. The van der Waals surface area contributed by atoms with E-state index >= 15 is 0 Å². The molecule has 13 nitrogen and oxygen atoms in total. The van der Waals surface area contributed by atoms with E-state index in [-0.39, 0.29) is 17.8 Å². The molecule has 1 atom stereocenters. The van der Waals surface area contributed by atoms with Crippen molar-refractivity contribution in [1.29, 1.82) is 0 Å². The van der Waals surface area contributed by atoms with Gasteiger partial charge in [-0.15, -0.1) is 0 Å². The first kappa shape index (κ1) is 38.1. The van der Waals surface area contributed by atoms with E-state index in [0.29, 0.717) is 80.2 Å². The molecule has 3 N–H and O–H groups in total. The van der Waals surface area contributed by atoms with Crippen LogP contribution >= 0.6 is 0 Å². The van der Waals surface area contributed by atoms with Gasteiger partial charge in [-0.3, -0.25) is 19.6 Å². The summed E-state index contributed by atoms with van der Waals surface area (Å²) < 4.78 is 41.8. The number of carboxylic acids is 1. The van der Waals surface area contributed by atoms with Gasteiger partial charge in [0.25, 0.3) is 6.43 Å². The van der Waals surface area contributed by atoms with E-state index < -0.39 is 18.2 Å². The number of carbonyl (C=O) groups is 1. The van der Waals surface area contributed by atoms with E-state index in [2.05, 4.69) is 30.1 Å². The van der Waals surface area contributed by atoms with Crippen LogP contribution in [0.4, 0.5) is 20.3 Å². The molecule has 15 heteroatoms. The second kappa shape index (κ2) is 16.0. The van der Waals surface area contributed by atoms with Crippen molar-refractivity contribution in [3.63, 3.8) is 0 Å². The molecule has 0 bridgehead atoms. The Morgan fingerprint density at radius 2 is 1.65 bits per heavy atom. The lowest BCUT2D eigenvalue weighted by Gasteiger charge is -2.31. The lowest BCUT2D eigenvalue weighted by molar-refractivity contribution is -0.143. The Morgan fingerprint density at radius 1 is 0.930 bits per heavy atom. The molecule has 0 saturated carbocycles. The number of aliphatic carboxylic acids is 1. The second-order valence-corrected chi connectivity index (χ2v) is 14.7. The average Bonchev–Trinajstić information content (AvgIpc) is 3.84. The van der Waals surface area contributed by atoms with Crippen molar-refractivity contribution in [2.24, 2.45) is 5.92 Å². The van der Waals surface area contributed by atoms with Gasteiger partial charge in [-0.2, -0.15) is 5.10 Å². The highest BCUT2D eigenvalue weighted by atomic mass is 19.3. The van der Waals surface area contributed by atoms with Crippen LogP contribution in [-0.4, -0.2) is 97.2 Å². The Labute approximate surface area is 327 Å². The molecule has 3 aromatic heterocycles. The number of likely N-dealkylation sites (tertiary alicyclic amines) is 2. The van der Waals surface area contributed by atoms with Crippen LogP contribution in [0.2, 0.25) is 0 Å². The second-order valence-electron chi connectivity index (χ2n) is 14.7. The molecule has 2 fully saturated rings. The number of anilines is 2. The summed E-state index contributed by atoms with van der Waals surface area (Å²) >= 11 is 0. The minimum absolute atomic E-state index is 0.181. The molecule has 2 aliphatic heterocycles. The molecule has 2 saturated heterocycles. The van der Waals surface area contributed by atoms with Gasteiger partial charge in [0.1, 0.15) is 17.0 Å². The fourth-order valence-electron chi connectivity index (χ4n) is 8.06. The standard InChI is InChI=1S/C42H44F2N8O5/c1-24-29(6-4-8-33(24)47-40-38-34(48-41(49-40)39(43)44)16-25(19-45-38)21-51-15-12-28(53)22-51)30-7-5-9-35-31(30)20-46-52(35)27-17-36(56-2)32(37(18-27)57-3)23-50-13-10-26(11-14-50)42(54)55/h4-9,16-20,26,28,39,53H,10-15,21-23H2,1-3H3,(H,54,55)(H,47,48,49)/t28-/m1/s1. The molecule has 6 aromatic rings. The molecular weight excluding hydrogens is 735 g/mol. The molecule has 5 heterocycles. The third-order valence-electron chi connectivity index (χ3n) is 11.1. The van der Waals surface area contributed by atoms with E-state index in [9.17, 15) is 23.8 Å². The van der Waals surface area contributed by atoms with Gasteiger partial charge in [-0.1, -0.05) is 24.3 Å². The Balaban J connectivity index is 1.10. The summed E-state index contributed by atoms with van der Waals surface area (Å²) in [5.74, 6) is -0.184. The smallest absolute Gasteiger partial charge is 0.306 e. The van der Waals surface area contributed by atoms with Crippen molar-refractivity contribution >= 4 is 39.4 Å². The minimum Gasteiger partial charge on any atom is -0.496 e. The Hall–Kier alpha value is -5.77. The number of carboxylic acid groups (broad SMARTS) is 1. The number of alkyl halides is 2. The van der Waals surface area contributed by atoms with Crippen LogP contribution in [0.1, 0.15) is 48.2 Å². The van der Waals surface area contributed by atoms with Crippen LogP contribution in [0.3, 0.4) is 0 Å². The number of fused-ring (bicyclic) bond motifs is 2. The largest absolute Gasteiger partial charge is 0.496 e. The molecule has 0 aliphatic carbocycles. The van der Waals surface area contributed by atoms with Crippen molar-refractivity contribution < 1.29 is 33.3 Å². The molecule has 3 aromatic carbocycles. The van der Waals surface area contributed by atoms with Crippen LogP contribution in [0, 0.1) is 12.8 Å². The lowest BCUT2D eigenvalue weighted by atomic mass is 9.96. The van der Waals surface area contributed by atoms with Crippen LogP contribution in [0.25, 0.3) is 38.8 Å². The predicted molar refractivity (Wildman–Crippen MR) is 211 cm³/mol. The van der Waals surface area contributed by atoms with Crippen molar-refractivity contribution in [1.82, 2.24) is 34.5 Å². The summed E-state index contributed by atoms with van der Waals surface area (Å²) in [6, 6.07) is 17.4. The number of aliphatic hydroxyl groups excluding tert-OH is 1. The highest BCUT2D eigenvalue weighted by Gasteiger charge is 2.27. The summed E-state index contributed by atoms with van der Waals surface area (Å²) in [6.45, 7) is 5.70. The van der Waals surface area contributed by atoms with E-state index in [1.807, 2.05) is 66.3 Å². The van der Waals surface area contributed by atoms with E-state index in [0.717, 1.165) is 51.0 Å². The molecule has 0 unspecified atom stereocenters. The van der Waals surface area contributed by atoms with Crippen molar-refractivity contribution in [3.05, 3.63) is 89.5 Å². The maximum Gasteiger partial charge on any atom is 0.306 e. The highest BCUT2D eigenvalue weighted by Crippen LogP contribution is 2.39. The number of nitrogens with zero attached hydrogens (tertiary/aromatic N) is 7. The number of hydrogen-bond acceptors (Lipinski definition) is 11. The van der Waals surface area contributed by atoms with Gasteiger partial charge in [0.2, 0.25) is 0 Å². The zero-order valence-electron chi connectivity index (χ0n) is 32.0. The summed E-state index contributed by atoms with van der Waals surface area (Å²) in [7, 11) is 3.24. The molecule has 0 amide bonds. The first-order chi connectivity index (χ1) is 27.6. The number of piperidine rings is 1. The van der Waals surface area contributed by atoms with E-state index in [4.69, 9.17) is 14.6 Å². The fourth-order valence-corrected chi connectivity index (χ4v) is 8.06. The summed E-state index contributed by atoms with van der Waals surface area (Å²) in [6.07, 6.45) is 2.16. The first-order valence-electron chi connectivity index (χ1n) is 19.0. The number of aromatic nitrogens is 5. The quantitative estimate of drug-likeness (QED) is 0.119. The zero-order chi connectivity index (χ0) is 39.8. The Bertz CT molecular complexity index is 2430. The maximum atomic E-state index is 14.1. The molecule has 0 radical (unpaired) electrons. The van der Waals surface area contributed by atoms with Gasteiger partial charge in [-0.25, -0.2) is 23.4 Å². The predicted octanol–water partition coefficient (Wildman–Crippen LogP) is 6.90. The Morgan fingerprint density at radius 3 is 2.33 bits per heavy atom. The molecule has 0 spiro atoms. The number of β-amino-alcohol motifs (C(OH)–C–C–N with tert-alkyl or cyclic N) is 1. The molecule has 296 valence electrons. The van der Waals surface area contributed by atoms with Gasteiger partial charge in [-0.05, 0) is 79.7 Å². The number of ether oxygens (including phenoxy) is 2. The third kappa shape index (κ3) is 7.69. The maximum absolute atomic E-state index is 14.1. The number of benzene rings is 3. The van der Waals surface area contributed by atoms with Gasteiger partial charge in [0.15, 0.2) is 11.6 Å². The van der Waals surface area contributed by atoms with Crippen molar-refractivity contribution in [2.45, 2.75) is 51.8 Å². The van der Waals surface area contributed by atoms with Crippen molar-refractivity contribution in [2.75, 3.05) is 45.7 Å². The number of pyridine rings is 1. The van der Waals surface area contributed by atoms with Crippen LogP contribution in [0.15, 0.2) is 67.0 Å². The third-order valence-corrected chi connectivity index (χ3v) is 11.1. The molecule has 57 heavy (non-hydrogen) atoms. The van der Waals surface area contributed by atoms with Crippen LogP contribution in [0.5, 0.6) is 11.5 Å². The lowest BCUT2D eigenvalue weighted by Crippen LogP contribution is -2.36. The van der Waals surface area contributed by atoms with Crippen LogP contribution in [-0.2, 0) is 17.9 Å². The van der Waals surface area contributed by atoms with E-state index in [1.165, 1.54) is 0 Å². The molecular formula is C42H44F2N8O5. The Kier molecular flexibility index (Phi) is 10.7. The van der Waals surface area contributed by atoms with E-state index in [1.54, 1.807) is 26.5 Å². The highest BCUT2D eigenvalue weighted by molar-refractivity contribution is 5.97. The van der Waals surface area contributed by atoms with Crippen LogP contribution < -0.4 is 14.8 Å². The number of nitrogens with one attached hydrogen (secondary N) is 1. The SMILES string of the molecule is COc1cc(-n2ncc3c(-c4cccc(Nc5nc(C(F)F)nc6cc(CN7CC[C@@H](O)C7)cnc56)c4C)cccc32)cc(OC)c1CN1CCC(C(=O)O)CC1. The summed E-state index contributed by atoms with van der Waals surface area (Å²) in [5, 5.41) is 28.4. The molecule has 2 aliphatic rings. The average molecular weight is 779 g/mol. The normalized spacial score (nSPS) is 16.9. The van der Waals surface area contributed by atoms with Gasteiger partial charge < -0.3 is 25.0 Å². The zero-order valence-corrected chi connectivity index (χ0v) is 32.0. The van der Waals surface area contributed by atoms with Crippen molar-refractivity contribution in [3.8, 4) is 28.3 Å². The number of rotatable bonds is 12. The minimum atomic E-state index is -2.88. The van der Waals surface area contributed by atoms with Gasteiger partial charge >= 0.3 is 5.97 Å². The fraction of sp³-hybridized carbons (Fsp3) is 0.357. The van der Waals surface area contributed by atoms with Gasteiger partial charge in [0.05, 0.1) is 54.7 Å².